The second kappa shape index (κ2) is 7.67. The second-order valence-corrected chi connectivity index (χ2v) is 5.66. The summed E-state index contributed by atoms with van der Waals surface area (Å²) < 4.78 is 1.70. The van der Waals surface area contributed by atoms with Crippen molar-refractivity contribution in [3.05, 3.63) is 81.3 Å². The lowest BCUT2D eigenvalue weighted by molar-refractivity contribution is -0.384. The van der Waals surface area contributed by atoms with E-state index in [1.807, 2.05) is 6.07 Å². The fourth-order valence-corrected chi connectivity index (χ4v) is 2.52. The Balaban J connectivity index is 1.65. The molecule has 2 heterocycles. The number of pyridine rings is 1. The standard InChI is InChI=1S/C17H12ClN5O4/c18-16-13(22-9-2-1-6-14(22)19-16)7-8-15(24)20-21-17(25)11-4-3-5-12(10-11)23(26)27/h1-10H,(H,20,24)(H,21,25)/b8-7+. The van der Waals surface area contributed by atoms with Crippen LogP contribution in [0.5, 0.6) is 0 Å². The Bertz CT molecular complexity index is 1080. The molecular weight excluding hydrogens is 374 g/mol. The molecule has 0 radical (unpaired) electrons. The Kier molecular flexibility index (Phi) is 5.13. The van der Waals surface area contributed by atoms with Crippen molar-refractivity contribution in [3.63, 3.8) is 0 Å². The molecule has 0 spiro atoms. The maximum absolute atomic E-state index is 12.0. The number of nitrogens with zero attached hydrogens (tertiary/aromatic N) is 3. The average molecular weight is 386 g/mol. The third-order valence-corrected chi connectivity index (χ3v) is 3.81. The van der Waals surface area contributed by atoms with Gasteiger partial charge in [-0.25, -0.2) is 4.98 Å². The maximum atomic E-state index is 12.0. The summed E-state index contributed by atoms with van der Waals surface area (Å²) in [5, 5.41) is 11.0. The Labute approximate surface area is 157 Å². The first-order valence-corrected chi connectivity index (χ1v) is 7.99. The molecule has 2 amide bonds. The van der Waals surface area contributed by atoms with Gasteiger partial charge in [0.25, 0.3) is 17.5 Å². The number of hydrogen-bond donors (Lipinski definition) is 2. The van der Waals surface area contributed by atoms with Crippen LogP contribution in [-0.4, -0.2) is 26.1 Å². The highest BCUT2D eigenvalue weighted by atomic mass is 35.5. The van der Waals surface area contributed by atoms with E-state index in [0.29, 0.717) is 11.3 Å². The number of nitrogens with one attached hydrogen (secondary N) is 2. The van der Waals surface area contributed by atoms with E-state index in [1.54, 1.807) is 22.7 Å². The predicted molar refractivity (Wildman–Crippen MR) is 97.9 cm³/mol. The average Bonchev–Trinajstić information content (AvgIpc) is 2.99. The SMILES string of the molecule is O=C(/C=C/c1c(Cl)nc2ccccn12)NNC(=O)c1cccc([N+](=O)[O-])c1. The van der Waals surface area contributed by atoms with Crippen molar-refractivity contribution in [1.29, 1.82) is 0 Å². The van der Waals surface area contributed by atoms with Gasteiger partial charge in [0.1, 0.15) is 5.65 Å². The Morgan fingerprint density at radius 2 is 2.00 bits per heavy atom. The number of carbonyl (C=O) groups excluding carboxylic acids is 2. The molecule has 3 aromatic rings. The fourth-order valence-electron chi connectivity index (χ4n) is 2.28. The third kappa shape index (κ3) is 4.10. The number of aromatic nitrogens is 2. The summed E-state index contributed by atoms with van der Waals surface area (Å²) in [5.74, 6) is -1.30. The highest BCUT2D eigenvalue weighted by Crippen LogP contribution is 2.18. The molecule has 136 valence electrons. The highest BCUT2D eigenvalue weighted by Gasteiger charge is 2.12. The van der Waals surface area contributed by atoms with Crippen molar-refractivity contribution in [2.24, 2.45) is 0 Å². The number of rotatable bonds is 4. The highest BCUT2D eigenvalue weighted by molar-refractivity contribution is 6.31. The van der Waals surface area contributed by atoms with Crippen LogP contribution >= 0.6 is 11.6 Å². The molecule has 2 aromatic heterocycles. The molecule has 1 aromatic carbocycles. The third-order valence-electron chi connectivity index (χ3n) is 3.53. The molecule has 9 nitrogen and oxygen atoms in total. The Morgan fingerprint density at radius 3 is 2.78 bits per heavy atom. The van der Waals surface area contributed by atoms with E-state index < -0.39 is 16.7 Å². The number of amides is 2. The molecule has 3 rings (SSSR count). The number of fused-ring (bicyclic) bond motifs is 1. The Hall–Kier alpha value is -3.72. The minimum absolute atomic E-state index is 0.0401. The van der Waals surface area contributed by atoms with Crippen LogP contribution in [0.1, 0.15) is 16.1 Å². The van der Waals surface area contributed by atoms with Gasteiger partial charge >= 0.3 is 0 Å². The van der Waals surface area contributed by atoms with Gasteiger partial charge in [0.15, 0.2) is 5.15 Å². The molecule has 0 aliphatic heterocycles. The van der Waals surface area contributed by atoms with Crippen LogP contribution in [0.4, 0.5) is 5.69 Å². The van der Waals surface area contributed by atoms with E-state index in [0.717, 1.165) is 6.07 Å². The monoisotopic (exact) mass is 385 g/mol. The molecule has 0 aliphatic rings. The molecule has 0 aliphatic carbocycles. The largest absolute Gasteiger partial charge is 0.299 e. The van der Waals surface area contributed by atoms with E-state index in [-0.39, 0.29) is 16.4 Å². The molecule has 0 saturated heterocycles. The maximum Gasteiger partial charge on any atom is 0.270 e. The zero-order valence-electron chi connectivity index (χ0n) is 13.6. The van der Waals surface area contributed by atoms with Gasteiger partial charge in [-0.05, 0) is 24.3 Å². The number of benzene rings is 1. The summed E-state index contributed by atoms with van der Waals surface area (Å²) in [4.78, 5) is 38.2. The zero-order valence-corrected chi connectivity index (χ0v) is 14.4. The number of hydrogen-bond acceptors (Lipinski definition) is 5. The summed E-state index contributed by atoms with van der Waals surface area (Å²) in [5.41, 5.74) is 5.32. The first-order chi connectivity index (χ1) is 13.0. The topological polar surface area (TPSA) is 119 Å². The van der Waals surface area contributed by atoms with Gasteiger partial charge in [-0.1, -0.05) is 23.7 Å². The first-order valence-electron chi connectivity index (χ1n) is 7.61. The predicted octanol–water partition coefficient (Wildman–Crippen LogP) is 2.37. The van der Waals surface area contributed by atoms with Gasteiger partial charge < -0.3 is 0 Å². The van der Waals surface area contributed by atoms with E-state index in [9.17, 15) is 19.7 Å². The summed E-state index contributed by atoms with van der Waals surface area (Å²) in [7, 11) is 0. The van der Waals surface area contributed by atoms with Crippen LogP contribution in [0, 0.1) is 10.1 Å². The van der Waals surface area contributed by atoms with Crippen LogP contribution in [-0.2, 0) is 4.79 Å². The van der Waals surface area contributed by atoms with Gasteiger partial charge in [-0.2, -0.15) is 0 Å². The van der Waals surface area contributed by atoms with Crippen molar-refractivity contribution in [1.82, 2.24) is 20.2 Å². The molecular formula is C17H12ClN5O4. The minimum atomic E-state index is -0.687. The molecule has 0 atom stereocenters. The Morgan fingerprint density at radius 1 is 1.19 bits per heavy atom. The van der Waals surface area contributed by atoms with E-state index >= 15 is 0 Å². The number of nitro benzene ring substituents is 1. The lowest BCUT2D eigenvalue weighted by Gasteiger charge is -2.05. The summed E-state index contributed by atoms with van der Waals surface area (Å²) in [6.07, 6.45) is 4.38. The molecule has 10 heteroatoms. The number of halogens is 1. The summed E-state index contributed by atoms with van der Waals surface area (Å²) >= 11 is 6.06. The molecule has 0 bridgehead atoms. The number of imidazole rings is 1. The van der Waals surface area contributed by atoms with E-state index in [4.69, 9.17) is 11.6 Å². The van der Waals surface area contributed by atoms with Crippen LogP contribution < -0.4 is 10.9 Å². The van der Waals surface area contributed by atoms with Crippen molar-refractivity contribution >= 4 is 40.8 Å². The van der Waals surface area contributed by atoms with Crippen LogP contribution in [0.2, 0.25) is 5.15 Å². The van der Waals surface area contributed by atoms with E-state index in [2.05, 4.69) is 15.8 Å². The van der Waals surface area contributed by atoms with Crippen LogP contribution in [0.25, 0.3) is 11.7 Å². The van der Waals surface area contributed by atoms with Gasteiger partial charge in [-0.3, -0.25) is 35.0 Å². The molecule has 2 N–H and O–H groups in total. The van der Waals surface area contributed by atoms with Gasteiger partial charge in [-0.15, -0.1) is 0 Å². The van der Waals surface area contributed by atoms with Crippen molar-refractivity contribution < 1.29 is 14.5 Å². The van der Waals surface area contributed by atoms with E-state index in [1.165, 1.54) is 30.4 Å². The van der Waals surface area contributed by atoms with Crippen molar-refractivity contribution in [2.75, 3.05) is 0 Å². The van der Waals surface area contributed by atoms with Gasteiger partial charge in [0, 0.05) is 30.0 Å². The number of carbonyl (C=O) groups is 2. The zero-order chi connectivity index (χ0) is 19.4. The van der Waals surface area contributed by atoms with Crippen LogP contribution in [0.15, 0.2) is 54.7 Å². The summed E-state index contributed by atoms with van der Waals surface area (Å²) in [6.45, 7) is 0. The lowest BCUT2D eigenvalue weighted by atomic mass is 10.2. The fraction of sp³-hybridized carbons (Fsp3) is 0. The number of non-ortho nitro benzene ring substituents is 1. The van der Waals surface area contributed by atoms with Crippen molar-refractivity contribution in [3.8, 4) is 0 Å². The second-order valence-electron chi connectivity index (χ2n) is 5.30. The normalized spacial score (nSPS) is 10.9. The first kappa shape index (κ1) is 18.1. The minimum Gasteiger partial charge on any atom is -0.299 e. The lowest BCUT2D eigenvalue weighted by Crippen LogP contribution is -2.40. The number of nitro groups is 1. The molecule has 0 fully saturated rings. The smallest absolute Gasteiger partial charge is 0.270 e. The van der Waals surface area contributed by atoms with Crippen LogP contribution in [0.3, 0.4) is 0 Å². The quantitative estimate of drug-likeness (QED) is 0.406. The summed E-state index contributed by atoms with van der Waals surface area (Å²) in [6, 6.07) is 10.5. The van der Waals surface area contributed by atoms with Gasteiger partial charge in [0.2, 0.25) is 0 Å². The molecule has 0 saturated carbocycles. The van der Waals surface area contributed by atoms with Gasteiger partial charge in [0.05, 0.1) is 10.6 Å². The molecule has 0 unspecified atom stereocenters. The van der Waals surface area contributed by atoms with Crippen molar-refractivity contribution in [2.45, 2.75) is 0 Å². The number of hydrazine groups is 1. The molecule has 27 heavy (non-hydrogen) atoms.